The van der Waals surface area contributed by atoms with Gasteiger partial charge in [-0.1, -0.05) is 75.7 Å². The molecule has 7 nitrogen and oxygen atoms in total. The number of fused-ring (bicyclic) bond motifs is 3. The largest absolute Gasteiger partial charge is 0.481 e. The molecule has 3 rings (SSSR count). The lowest BCUT2D eigenvalue weighted by molar-refractivity contribution is -0.142. The molecule has 7 heteroatoms. The van der Waals surface area contributed by atoms with Gasteiger partial charge in [0.15, 0.2) is 0 Å². The minimum absolute atomic E-state index is 0.0239. The van der Waals surface area contributed by atoms with Gasteiger partial charge in [-0.25, -0.2) is 4.79 Å². The molecule has 2 aromatic carbocycles. The van der Waals surface area contributed by atoms with Crippen LogP contribution in [0.1, 0.15) is 63.5 Å². The van der Waals surface area contributed by atoms with Crippen LogP contribution in [0, 0.1) is 5.92 Å². The highest BCUT2D eigenvalue weighted by molar-refractivity contribution is 5.90. The summed E-state index contributed by atoms with van der Waals surface area (Å²) < 4.78 is 5.63. The smallest absolute Gasteiger partial charge is 0.408 e. The van der Waals surface area contributed by atoms with Gasteiger partial charge in [0.1, 0.15) is 12.1 Å². The summed E-state index contributed by atoms with van der Waals surface area (Å²) in [6.45, 7) is 5.71. The van der Waals surface area contributed by atoms with E-state index in [1.807, 2.05) is 57.2 Å². The maximum absolute atomic E-state index is 13.0. The van der Waals surface area contributed by atoms with Gasteiger partial charge in [-0.15, -0.1) is 0 Å². The van der Waals surface area contributed by atoms with E-state index in [1.165, 1.54) is 0 Å². The molecule has 0 bridgehead atoms. The summed E-state index contributed by atoms with van der Waals surface area (Å²) in [6.07, 6.45) is 1.22. The normalized spacial score (nSPS) is 13.5. The third-order valence-corrected chi connectivity index (χ3v) is 6.82. The minimum atomic E-state index is -1.17. The first-order valence-electron chi connectivity index (χ1n) is 12.0. The van der Waals surface area contributed by atoms with Crippen molar-refractivity contribution in [3.8, 4) is 11.1 Å². The van der Waals surface area contributed by atoms with Gasteiger partial charge in [0.05, 0.1) is 5.92 Å². The number of carboxylic acid groups (broad SMARTS) is 1. The van der Waals surface area contributed by atoms with Gasteiger partial charge in [-0.05, 0) is 41.5 Å². The van der Waals surface area contributed by atoms with E-state index in [1.54, 1.807) is 0 Å². The molecule has 0 saturated carbocycles. The maximum atomic E-state index is 13.0. The standard InChI is InChI=1S/C27H34N2O5/c1-4-11-18(24(30)31)16-28-25(32)27(5-2,6-3)29-26(33)34-17-23-21-14-9-7-12-19(21)20-13-8-10-15-22(20)23/h7-10,12-15,18,23H,4-6,11,16-17H2,1-3H3,(H,28,32)(H,29,33)(H,30,31). The molecule has 0 spiro atoms. The lowest BCUT2D eigenvalue weighted by Crippen LogP contribution is -2.59. The van der Waals surface area contributed by atoms with E-state index in [9.17, 15) is 19.5 Å². The maximum Gasteiger partial charge on any atom is 0.408 e. The van der Waals surface area contributed by atoms with Gasteiger partial charge >= 0.3 is 12.1 Å². The predicted molar refractivity (Wildman–Crippen MR) is 131 cm³/mol. The van der Waals surface area contributed by atoms with Crippen molar-refractivity contribution < 1.29 is 24.2 Å². The molecule has 0 heterocycles. The Balaban J connectivity index is 1.66. The lowest BCUT2D eigenvalue weighted by atomic mass is 9.91. The molecule has 1 aliphatic carbocycles. The summed E-state index contributed by atoms with van der Waals surface area (Å²) in [7, 11) is 0. The van der Waals surface area contributed by atoms with Gasteiger partial charge in [-0.2, -0.15) is 0 Å². The first-order chi connectivity index (χ1) is 16.4. The van der Waals surface area contributed by atoms with Crippen LogP contribution >= 0.6 is 0 Å². The first kappa shape index (κ1) is 25.3. The zero-order valence-electron chi connectivity index (χ0n) is 20.1. The number of aliphatic carboxylic acids is 1. The number of rotatable bonds is 11. The Morgan fingerprint density at radius 3 is 2.03 bits per heavy atom. The van der Waals surface area contributed by atoms with Crippen molar-refractivity contribution in [2.75, 3.05) is 13.2 Å². The molecule has 0 aliphatic heterocycles. The summed E-state index contributed by atoms with van der Waals surface area (Å²) in [5.41, 5.74) is 3.34. The molecule has 0 saturated heterocycles. The van der Waals surface area contributed by atoms with Gasteiger partial charge < -0.3 is 20.5 Å². The van der Waals surface area contributed by atoms with Crippen molar-refractivity contribution in [1.29, 1.82) is 0 Å². The van der Waals surface area contributed by atoms with Crippen molar-refractivity contribution in [2.45, 2.75) is 57.9 Å². The molecule has 2 aromatic rings. The van der Waals surface area contributed by atoms with Crippen LogP contribution < -0.4 is 10.6 Å². The van der Waals surface area contributed by atoms with Crippen LogP contribution in [0.5, 0.6) is 0 Å². The average molecular weight is 467 g/mol. The molecule has 0 fully saturated rings. The Morgan fingerprint density at radius 1 is 0.971 bits per heavy atom. The molecule has 3 N–H and O–H groups in total. The van der Waals surface area contributed by atoms with Gasteiger partial charge in [0.25, 0.3) is 0 Å². The number of nitrogens with one attached hydrogen (secondary N) is 2. The fraction of sp³-hybridized carbons (Fsp3) is 0.444. The molecule has 34 heavy (non-hydrogen) atoms. The summed E-state index contributed by atoms with van der Waals surface area (Å²) >= 11 is 0. The van der Waals surface area contributed by atoms with E-state index in [-0.39, 0.29) is 19.1 Å². The van der Waals surface area contributed by atoms with E-state index in [2.05, 4.69) is 22.8 Å². The van der Waals surface area contributed by atoms with Crippen LogP contribution in [-0.2, 0) is 14.3 Å². The molecule has 0 radical (unpaired) electrons. The van der Waals surface area contributed by atoms with Crippen LogP contribution in [0.25, 0.3) is 11.1 Å². The second-order valence-electron chi connectivity index (χ2n) is 8.77. The van der Waals surface area contributed by atoms with Crippen molar-refractivity contribution in [1.82, 2.24) is 10.6 Å². The highest BCUT2D eigenvalue weighted by atomic mass is 16.5. The summed E-state index contributed by atoms with van der Waals surface area (Å²) in [4.78, 5) is 37.2. The quantitative estimate of drug-likeness (QED) is 0.445. The van der Waals surface area contributed by atoms with Gasteiger partial charge in [0, 0.05) is 12.5 Å². The highest BCUT2D eigenvalue weighted by Crippen LogP contribution is 2.44. The first-order valence-corrected chi connectivity index (χ1v) is 12.0. The average Bonchev–Trinajstić information content (AvgIpc) is 3.17. The fourth-order valence-corrected chi connectivity index (χ4v) is 4.68. The van der Waals surface area contributed by atoms with E-state index in [0.29, 0.717) is 25.7 Å². The Hall–Kier alpha value is -3.35. The number of hydrogen-bond acceptors (Lipinski definition) is 4. The lowest BCUT2D eigenvalue weighted by Gasteiger charge is -2.31. The summed E-state index contributed by atoms with van der Waals surface area (Å²) in [6, 6.07) is 16.2. The number of carboxylic acids is 1. The molecule has 1 unspecified atom stereocenters. The van der Waals surface area contributed by atoms with Crippen molar-refractivity contribution in [3.63, 3.8) is 0 Å². The fourth-order valence-electron chi connectivity index (χ4n) is 4.68. The number of hydrogen-bond donors (Lipinski definition) is 3. The summed E-state index contributed by atoms with van der Waals surface area (Å²) in [5.74, 6) is -2.07. The second-order valence-corrected chi connectivity index (χ2v) is 8.77. The van der Waals surface area contributed by atoms with E-state index < -0.39 is 29.4 Å². The molecular weight excluding hydrogens is 432 g/mol. The molecular formula is C27H34N2O5. The van der Waals surface area contributed by atoms with Crippen molar-refractivity contribution in [3.05, 3.63) is 59.7 Å². The third kappa shape index (κ3) is 5.24. The van der Waals surface area contributed by atoms with Gasteiger partial charge in [0.2, 0.25) is 5.91 Å². The number of benzene rings is 2. The molecule has 2 amide bonds. The predicted octanol–water partition coefficient (Wildman–Crippen LogP) is 4.70. The van der Waals surface area contributed by atoms with E-state index in [4.69, 9.17) is 4.74 Å². The molecule has 0 aromatic heterocycles. The second kappa shape index (κ2) is 11.2. The Labute approximate surface area is 200 Å². The molecule has 1 atom stereocenters. The number of alkyl carbamates (subject to hydrolysis) is 1. The van der Waals surface area contributed by atoms with E-state index >= 15 is 0 Å². The monoisotopic (exact) mass is 466 g/mol. The summed E-state index contributed by atoms with van der Waals surface area (Å²) in [5, 5.41) is 14.8. The van der Waals surface area contributed by atoms with Crippen LogP contribution in [0.4, 0.5) is 4.79 Å². The number of amides is 2. The van der Waals surface area contributed by atoms with Crippen molar-refractivity contribution in [2.24, 2.45) is 5.92 Å². The zero-order valence-corrected chi connectivity index (χ0v) is 20.1. The topological polar surface area (TPSA) is 105 Å². The van der Waals surface area contributed by atoms with E-state index in [0.717, 1.165) is 22.3 Å². The highest BCUT2D eigenvalue weighted by Gasteiger charge is 2.38. The van der Waals surface area contributed by atoms with Crippen molar-refractivity contribution >= 4 is 18.0 Å². The molecule has 1 aliphatic rings. The number of carbonyl (C=O) groups excluding carboxylic acids is 2. The minimum Gasteiger partial charge on any atom is -0.481 e. The van der Waals surface area contributed by atoms with Crippen LogP contribution in [0.15, 0.2) is 48.5 Å². The third-order valence-electron chi connectivity index (χ3n) is 6.82. The number of ether oxygens (including phenoxy) is 1. The Bertz CT molecular complexity index is 986. The number of carbonyl (C=O) groups is 3. The zero-order chi connectivity index (χ0) is 24.7. The Morgan fingerprint density at radius 2 is 1.53 bits per heavy atom. The van der Waals surface area contributed by atoms with Crippen LogP contribution in [0.3, 0.4) is 0 Å². The molecule has 182 valence electrons. The van der Waals surface area contributed by atoms with Crippen LogP contribution in [0.2, 0.25) is 0 Å². The van der Waals surface area contributed by atoms with Crippen LogP contribution in [-0.4, -0.2) is 41.8 Å². The van der Waals surface area contributed by atoms with Gasteiger partial charge in [-0.3, -0.25) is 9.59 Å². The Kier molecular flexibility index (Phi) is 8.31. The SMILES string of the molecule is CCCC(CNC(=O)C(CC)(CC)NC(=O)OCC1c2ccccc2-c2ccccc21)C(=O)O.